The van der Waals surface area contributed by atoms with E-state index in [0.717, 1.165) is 39.2 Å². The van der Waals surface area contributed by atoms with Crippen LogP contribution in [0.15, 0.2) is 0 Å². The maximum Gasteiger partial charge on any atom is 0.0477 e. The van der Waals surface area contributed by atoms with Gasteiger partial charge in [-0.05, 0) is 33.2 Å². The molecule has 0 spiro atoms. The van der Waals surface area contributed by atoms with E-state index in [1.54, 1.807) is 7.11 Å². The third-order valence-corrected chi connectivity index (χ3v) is 1.92. The van der Waals surface area contributed by atoms with Crippen molar-refractivity contribution in [1.82, 2.24) is 5.32 Å². The van der Waals surface area contributed by atoms with Crippen molar-refractivity contribution in [1.29, 1.82) is 0 Å². The second kappa shape index (κ2) is 9.96. The zero-order valence-electron chi connectivity index (χ0n) is 9.14. The first-order chi connectivity index (χ1) is 6.31. The lowest BCUT2D eigenvalue weighted by molar-refractivity contribution is 0.143. The van der Waals surface area contributed by atoms with Crippen LogP contribution in [0.2, 0.25) is 0 Å². The van der Waals surface area contributed by atoms with Gasteiger partial charge in [-0.3, -0.25) is 0 Å². The Kier molecular flexibility index (Phi) is 9.87. The lowest BCUT2D eigenvalue weighted by Crippen LogP contribution is -2.28. The molecule has 0 rings (SSSR count). The Labute approximate surface area is 81.8 Å². The van der Waals surface area contributed by atoms with Gasteiger partial charge in [0.2, 0.25) is 0 Å². The molecule has 0 aliphatic carbocycles. The zero-order chi connectivity index (χ0) is 9.94. The van der Waals surface area contributed by atoms with Crippen molar-refractivity contribution in [2.24, 2.45) is 0 Å². The van der Waals surface area contributed by atoms with Gasteiger partial charge in [-0.15, -0.1) is 0 Å². The highest BCUT2D eigenvalue weighted by Gasteiger charge is 1.98. The summed E-state index contributed by atoms with van der Waals surface area (Å²) in [6.45, 7) is 7.75. The monoisotopic (exact) mass is 189 g/mol. The van der Waals surface area contributed by atoms with Gasteiger partial charge in [0, 0.05) is 33.0 Å². The molecule has 80 valence electrons. The maximum absolute atomic E-state index is 5.23. The van der Waals surface area contributed by atoms with Gasteiger partial charge in [-0.25, -0.2) is 0 Å². The van der Waals surface area contributed by atoms with Crippen LogP contribution in [-0.4, -0.2) is 39.5 Å². The highest BCUT2D eigenvalue weighted by molar-refractivity contribution is 4.59. The molecule has 0 fully saturated rings. The molecule has 1 N–H and O–H groups in total. The summed E-state index contributed by atoms with van der Waals surface area (Å²) < 4.78 is 10.2. The van der Waals surface area contributed by atoms with Crippen LogP contribution < -0.4 is 5.32 Å². The topological polar surface area (TPSA) is 30.5 Å². The highest BCUT2D eigenvalue weighted by atomic mass is 16.5. The number of hydrogen-bond acceptors (Lipinski definition) is 3. The molecule has 1 atom stereocenters. The molecule has 0 amide bonds. The maximum atomic E-state index is 5.23. The van der Waals surface area contributed by atoms with E-state index in [1.165, 1.54) is 0 Å². The van der Waals surface area contributed by atoms with Crippen LogP contribution in [-0.2, 0) is 9.47 Å². The second-order valence-electron chi connectivity index (χ2n) is 3.19. The van der Waals surface area contributed by atoms with Crippen molar-refractivity contribution in [3.05, 3.63) is 0 Å². The van der Waals surface area contributed by atoms with Crippen molar-refractivity contribution in [2.45, 2.75) is 32.7 Å². The predicted molar refractivity (Wildman–Crippen MR) is 55.1 cm³/mol. The van der Waals surface area contributed by atoms with Crippen molar-refractivity contribution >= 4 is 0 Å². The molecule has 0 saturated heterocycles. The molecule has 0 saturated carbocycles. The van der Waals surface area contributed by atoms with Crippen molar-refractivity contribution in [3.63, 3.8) is 0 Å². The molecule has 0 aromatic heterocycles. The van der Waals surface area contributed by atoms with Crippen LogP contribution in [0.4, 0.5) is 0 Å². The van der Waals surface area contributed by atoms with Crippen LogP contribution in [0.3, 0.4) is 0 Å². The number of nitrogens with one attached hydrogen (secondary N) is 1. The van der Waals surface area contributed by atoms with E-state index < -0.39 is 0 Å². The van der Waals surface area contributed by atoms with Crippen molar-refractivity contribution in [3.8, 4) is 0 Å². The van der Waals surface area contributed by atoms with Gasteiger partial charge in [-0.1, -0.05) is 0 Å². The summed E-state index contributed by atoms with van der Waals surface area (Å²) in [6.07, 6.45) is 2.16. The Hall–Kier alpha value is -0.120. The van der Waals surface area contributed by atoms with Gasteiger partial charge in [0.05, 0.1) is 0 Å². The first kappa shape index (κ1) is 12.9. The summed E-state index contributed by atoms with van der Waals surface area (Å²) in [5, 5.41) is 3.42. The fourth-order valence-corrected chi connectivity index (χ4v) is 1.06. The Balaban J connectivity index is 3.03. The summed E-state index contributed by atoms with van der Waals surface area (Å²) in [5.74, 6) is 0. The van der Waals surface area contributed by atoms with E-state index in [4.69, 9.17) is 9.47 Å². The van der Waals surface area contributed by atoms with Gasteiger partial charge >= 0.3 is 0 Å². The Morgan fingerprint density at radius 3 is 2.69 bits per heavy atom. The lowest BCUT2D eigenvalue weighted by Gasteiger charge is -2.12. The SMILES string of the molecule is CCOCCCNC(C)CCOC. The summed E-state index contributed by atoms with van der Waals surface area (Å²) in [7, 11) is 1.74. The van der Waals surface area contributed by atoms with Crippen LogP contribution in [0, 0.1) is 0 Å². The van der Waals surface area contributed by atoms with Crippen molar-refractivity contribution < 1.29 is 9.47 Å². The molecular formula is C10H23NO2. The molecule has 13 heavy (non-hydrogen) atoms. The van der Waals surface area contributed by atoms with Gasteiger partial charge < -0.3 is 14.8 Å². The smallest absolute Gasteiger partial charge is 0.0477 e. The van der Waals surface area contributed by atoms with E-state index in [0.29, 0.717) is 6.04 Å². The predicted octanol–water partition coefficient (Wildman–Crippen LogP) is 1.43. The van der Waals surface area contributed by atoms with E-state index >= 15 is 0 Å². The number of rotatable bonds is 9. The summed E-state index contributed by atoms with van der Waals surface area (Å²) in [5.41, 5.74) is 0. The van der Waals surface area contributed by atoms with Gasteiger partial charge in [0.25, 0.3) is 0 Å². The Morgan fingerprint density at radius 2 is 2.08 bits per heavy atom. The summed E-state index contributed by atoms with van der Waals surface area (Å²) >= 11 is 0. The molecule has 1 unspecified atom stereocenters. The fraction of sp³-hybridized carbons (Fsp3) is 1.00. The standard InChI is InChI=1S/C10H23NO2/c1-4-13-8-5-7-11-10(2)6-9-12-3/h10-11H,4-9H2,1-3H3. The number of methoxy groups -OCH3 is 1. The van der Waals surface area contributed by atoms with E-state index in [2.05, 4.69) is 12.2 Å². The summed E-state index contributed by atoms with van der Waals surface area (Å²) in [6, 6.07) is 0.543. The van der Waals surface area contributed by atoms with Crippen molar-refractivity contribution in [2.75, 3.05) is 33.5 Å². The minimum absolute atomic E-state index is 0.543. The molecule has 0 aliphatic rings. The first-order valence-electron chi connectivity index (χ1n) is 5.11. The molecule has 3 nitrogen and oxygen atoms in total. The normalized spacial score (nSPS) is 13.2. The minimum atomic E-state index is 0.543. The van der Waals surface area contributed by atoms with Crippen LogP contribution in [0.1, 0.15) is 26.7 Å². The molecule has 3 heteroatoms. The third kappa shape index (κ3) is 9.80. The Bertz CT molecular complexity index is 98.9. The van der Waals surface area contributed by atoms with E-state index in [9.17, 15) is 0 Å². The van der Waals surface area contributed by atoms with Crippen LogP contribution >= 0.6 is 0 Å². The first-order valence-corrected chi connectivity index (χ1v) is 5.11. The number of hydrogen-bond donors (Lipinski definition) is 1. The molecule has 0 aromatic rings. The quantitative estimate of drug-likeness (QED) is 0.557. The molecule has 0 aliphatic heterocycles. The van der Waals surface area contributed by atoms with Gasteiger partial charge in [0.15, 0.2) is 0 Å². The fourth-order valence-electron chi connectivity index (χ4n) is 1.06. The largest absolute Gasteiger partial charge is 0.385 e. The summed E-state index contributed by atoms with van der Waals surface area (Å²) in [4.78, 5) is 0. The van der Waals surface area contributed by atoms with Crippen LogP contribution in [0.25, 0.3) is 0 Å². The average Bonchev–Trinajstić information content (AvgIpc) is 2.14. The molecule has 0 aromatic carbocycles. The minimum Gasteiger partial charge on any atom is -0.385 e. The molecular weight excluding hydrogens is 166 g/mol. The molecule has 0 radical (unpaired) electrons. The Morgan fingerprint density at radius 1 is 1.31 bits per heavy atom. The third-order valence-electron chi connectivity index (χ3n) is 1.92. The van der Waals surface area contributed by atoms with E-state index in [-0.39, 0.29) is 0 Å². The van der Waals surface area contributed by atoms with E-state index in [1.807, 2.05) is 6.92 Å². The molecule has 0 heterocycles. The zero-order valence-corrected chi connectivity index (χ0v) is 9.14. The average molecular weight is 189 g/mol. The second-order valence-corrected chi connectivity index (χ2v) is 3.19. The van der Waals surface area contributed by atoms with Gasteiger partial charge in [-0.2, -0.15) is 0 Å². The highest BCUT2D eigenvalue weighted by Crippen LogP contribution is 1.91. The lowest BCUT2D eigenvalue weighted by atomic mass is 10.2. The van der Waals surface area contributed by atoms with Gasteiger partial charge in [0.1, 0.15) is 0 Å². The number of ether oxygens (including phenoxy) is 2. The molecule has 0 bridgehead atoms. The van der Waals surface area contributed by atoms with Crippen LogP contribution in [0.5, 0.6) is 0 Å².